The highest BCUT2D eigenvalue weighted by molar-refractivity contribution is 6.39. The van der Waals surface area contributed by atoms with Gasteiger partial charge in [0.15, 0.2) is 0 Å². The Kier molecular flexibility index (Phi) is 4.96. The van der Waals surface area contributed by atoms with Crippen molar-refractivity contribution in [1.82, 2.24) is 4.90 Å². The summed E-state index contributed by atoms with van der Waals surface area (Å²) in [4.78, 5) is 25.5. The average molecular weight is 286 g/mol. The first kappa shape index (κ1) is 15.1. The van der Waals surface area contributed by atoms with Gasteiger partial charge < -0.3 is 15.3 Å². The molecule has 1 aromatic carbocycles. The zero-order valence-electron chi connectivity index (χ0n) is 11.7. The Morgan fingerprint density at radius 2 is 2.10 bits per heavy atom. The third kappa shape index (κ3) is 3.83. The molecule has 21 heavy (non-hydrogen) atoms. The quantitative estimate of drug-likeness (QED) is 0.625. The van der Waals surface area contributed by atoms with Gasteiger partial charge in [-0.15, -0.1) is 6.42 Å². The van der Waals surface area contributed by atoms with Crippen LogP contribution < -0.4 is 5.32 Å². The van der Waals surface area contributed by atoms with E-state index >= 15 is 0 Å². The van der Waals surface area contributed by atoms with Crippen LogP contribution in [-0.2, 0) is 9.59 Å². The Balaban J connectivity index is 1.94. The molecule has 0 atom stereocenters. The summed E-state index contributed by atoms with van der Waals surface area (Å²) >= 11 is 0. The van der Waals surface area contributed by atoms with Gasteiger partial charge in [-0.3, -0.25) is 9.59 Å². The number of terminal acetylenes is 1. The summed E-state index contributed by atoms with van der Waals surface area (Å²) in [6.07, 6.45) is 6.74. The van der Waals surface area contributed by atoms with Crippen molar-refractivity contribution >= 4 is 17.5 Å². The lowest BCUT2D eigenvalue weighted by atomic mass is 9.98. The molecule has 1 aliphatic rings. The zero-order valence-corrected chi connectivity index (χ0v) is 11.7. The van der Waals surface area contributed by atoms with Crippen molar-refractivity contribution in [2.24, 2.45) is 5.92 Å². The lowest BCUT2D eigenvalue weighted by Crippen LogP contribution is -2.44. The molecule has 0 unspecified atom stereocenters. The molecule has 0 aromatic heterocycles. The van der Waals surface area contributed by atoms with Crippen molar-refractivity contribution in [3.63, 3.8) is 0 Å². The molecular formula is C16H18N2O3. The molecule has 0 radical (unpaired) electrons. The number of likely N-dealkylation sites (tertiary alicyclic amines) is 1. The normalized spacial score (nSPS) is 15.3. The number of anilines is 1. The molecule has 2 amide bonds. The number of aliphatic hydroxyl groups excluding tert-OH is 1. The number of nitrogens with one attached hydrogen (secondary N) is 1. The van der Waals surface area contributed by atoms with E-state index in [1.165, 1.54) is 4.90 Å². The van der Waals surface area contributed by atoms with Crippen LogP contribution in [0.25, 0.3) is 0 Å². The Bertz CT molecular complexity index is 569. The molecular weight excluding hydrogens is 268 g/mol. The van der Waals surface area contributed by atoms with E-state index in [9.17, 15) is 9.59 Å². The van der Waals surface area contributed by atoms with Gasteiger partial charge in [-0.1, -0.05) is 12.0 Å². The maximum absolute atomic E-state index is 12.1. The standard InChI is InChI=1S/C16H18N2O3/c1-2-12-4-3-5-14(10-12)17-15(20)16(21)18-8-6-13(11-19)7-9-18/h1,3-5,10,13,19H,6-9,11H2,(H,17,20). The summed E-state index contributed by atoms with van der Waals surface area (Å²) < 4.78 is 0. The van der Waals surface area contributed by atoms with Gasteiger partial charge >= 0.3 is 11.8 Å². The summed E-state index contributed by atoms with van der Waals surface area (Å²) in [6.45, 7) is 1.14. The van der Waals surface area contributed by atoms with Crippen LogP contribution in [0.4, 0.5) is 5.69 Å². The molecule has 1 saturated heterocycles. The summed E-state index contributed by atoms with van der Waals surface area (Å²) in [6, 6.07) is 6.80. The lowest BCUT2D eigenvalue weighted by molar-refractivity contribution is -0.144. The van der Waals surface area contributed by atoms with Gasteiger partial charge in [0.05, 0.1) is 0 Å². The first-order valence-electron chi connectivity index (χ1n) is 6.92. The van der Waals surface area contributed by atoms with Crippen LogP contribution in [0.3, 0.4) is 0 Å². The number of benzene rings is 1. The maximum atomic E-state index is 12.1. The van der Waals surface area contributed by atoms with E-state index in [4.69, 9.17) is 11.5 Å². The molecule has 0 spiro atoms. The number of amides is 2. The summed E-state index contributed by atoms with van der Waals surface area (Å²) in [5, 5.41) is 11.6. The number of nitrogens with zero attached hydrogens (tertiary/aromatic N) is 1. The molecule has 1 fully saturated rings. The lowest BCUT2D eigenvalue weighted by Gasteiger charge is -2.30. The third-order valence-corrected chi connectivity index (χ3v) is 3.64. The van der Waals surface area contributed by atoms with Crippen LogP contribution in [0, 0.1) is 18.3 Å². The fourth-order valence-corrected chi connectivity index (χ4v) is 2.33. The van der Waals surface area contributed by atoms with Crippen LogP contribution in [0.5, 0.6) is 0 Å². The molecule has 1 heterocycles. The predicted octanol–water partition coefficient (Wildman–Crippen LogP) is 0.837. The Labute approximate surface area is 124 Å². The van der Waals surface area contributed by atoms with Gasteiger partial charge in [0, 0.05) is 30.9 Å². The first-order chi connectivity index (χ1) is 10.1. The number of aliphatic hydroxyl groups is 1. The molecule has 0 saturated carbocycles. The van der Waals surface area contributed by atoms with Gasteiger partial charge in [0.2, 0.25) is 0 Å². The van der Waals surface area contributed by atoms with Gasteiger partial charge in [-0.05, 0) is 37.0 Å². The number of carbonyl (C=O) groups is 2. The van der Waals surface area contributed by atoms with Crippen molar-refractivity contribution in [2.45, 2.75) is 12.8 Å². The maximum Gasteiger partial charge on any atom is 0.313 e. The fourth-order valence-electron chi connectivity index (χ4n) is 2.33. The van der Waals surface area contributed by atoms with Gasteiger partial charge in [-0.25, -0.2) is 0 Å². The molecule has 0 aliphatic carbocycles. The van der Waals surface area contributed by atoms with Crippen molar-refractivity contribution < 1.29 is 14.7 Å². The third-order valence-electron chi connectivity index (χ3n) is 3.64. The predicted molar refractivity (Wildman–Crippen MR) is 79.4 cm³/mol. The van der Waals surface area contributed by atoms with E-state index in [1.54, 1.807) is 24.3 Å². The number of rotatable bonds is 2. The minimum absolute atomic E-state index is 0.132. The summed E-state index contributed by atoms with van der Waals surface area (Å²) in [7, 11) is 0. The van der Waals surface area contributed by atoms with Crippen LogP contribution in [-0.4, -0.2) is 41.5 Å². The number of carbonyl (C=O) groups excluding carboxylic acids is 2. The summed E-state index contributed by atoms with van der Waals surface area (Å²) in [5.41, 5.74) is 1.15. The van der Waals surface area contributed by atoms with Crippen molar-refractivity contribution in [2.75, 3.05) is 25.0 Å². The van der Waals surface area contributed by atoms with E-state index in [0.29, 0.717) is 24.3 Å². The van der Waals surface area contributed by atoms with Crippen LogP contribution in [0.1, 0.15) is 18.4 Å². The fraction of sp³-hybridized carbons (Fsp3) is 0.375. The van der Waals surface area contributed by atoms with E-state index in [1.807, 2.05) is 0 Å². The average Bonchev–Trinajstić information content (AvgIpc) is 2.54. The second kappa shape index (κ2) is 6.91. The molecule has 110 valence electrons. The molecule has 2 rings (SSSR count). The molecule has 0 bridgehead atoms. The summed E-state index contributed by atoms with van der Waals surface area (Å²) in [5.74, 6) is 1.50. The Hall–Kier alpha value is -2.32. The van der Waals surface area contributed by atoms with Gasteiger partial charge in [0.1, 0.15) is 0 Å². The topological polar surface area (TPSA) is 69.6 Å². The van der Waals surface area contributed by atoms with Crippen LogP contribution in [0.2, 0.25) is 0 Å². The van der Waals surface area contributed by atoms with Gasteiger partial charge in [-0.2, -0.15) is 0 Å². The Morgan fingerprint density at radius 3 is 2.71 bits per heavy atom. The monoisotopic (exact) mass is 286 g/mol. The van der Waals surface area contributed by atoms with E-state index < -0.39 is 11.8 Å². The first-order valence-corrected chi connectivity index (χ1v) is 6.92. The van der Waals surface area contributed by atoms with Crippen LogP contribution >= 0.6 is 0 Å². The van der Waals surface area contributed by atoms with E-state index in [2.05, 4.69) is 11.2 Å². The Morgan fingerprint density at radius 1 is 1.38 bits per heavy atom. The highest BCUT2D eigenvalue weighted by atomic mass is 16.3. The van der Waals surface area contributed by atoms with Crippen molar-refractivity contribution in [3.05, 3.63) is 29.8 Å². The SMILES string of the molecule is C#Cc1cccc(NC(=O)C(=O)N2CCC(CO)CC2)c1. The number of hydrogen-bond donors (Lipinski definition) is 2. The van der Waals surface area contributed by atoms with Crippen LogP contribution in [0.15, 0.2) is 24.3 Å². The van der Waals surface area contributed by atoms with Crippen molar-refractivity contribution in [1.29, 1.82) is 0 Å². The second-order valence-corrected chi connectivity index (χ2v) is 5.10. The smallest absolute Gasteiger partial charge is 0.313 e. The molecule has 2 N–H and O–H groups in total. The molecule has 5 nitrogen and oxygen atoms in total. The molecule has 1 aliphatic heterocycles. The zero-order chi connectivity index (χ0) is 15.2. The highest BCUT2D eigenvalue weighted by Crippen LogP contribution is 2.17. The number of hydrogen-bond acceptors (Lipinski definition) is 3. The second-order valence-electron chi connectivity index (χ2n) is 5.10. The number of piperidine rings is 1. The molecule has 5 heteroatoms. The van der Waals surface area contributed by atoms with E-state index in [-0.39, 0.29) is 12.5 Å². The van der Waals surface area contributed by atoms with Gasteiger partial charge in [0.25, 0.3) is 0 Å². The minimum Gasteiger partial charge on any atom is -0.396 e. The largest absolute Gasteiger partial charge is 0.396 e. The molecule has 1 aromatic rings. The minimum atomic E-state index is -0.661. The van der Waals surface area contributed by atoms with Crippen molar-refractivity contribution in [3.8, 4) is 12.3 Å². The van der Waals surface area contributed by atoms with E-state index in [0.717, 1.165) is 12.8 Å². The highest BCUT2D eigenvalue weighted by Gasteiger charge is 2.26.